The number of aryl methyl sites for hydroxylation is 2. The van der Waals surface area contributed by atoms with Gasteiger partial charge in [0.15, 0.2) is 0 Å². The summed E-state index contributed by atoms with van der Waals surface area (Å²) >= 11 is 6.33. The van der Waals surface area contributed by atoms with E-state index < -0.39 is 0 Å². The van der Waals surface area contributed by atoms with Gasteiger partial charge in [-0.3, -0.25) is 9.88 Å². The van der Waals surface area contributed by atoms with Crippen LogP contribution in [-0.2, 0) is 17.6 Å². The fraction of sp³-hybridized carbons (Fsp3) is 0.462. The summed E-state index contributed by atoms with van der Waals surface area (Å²) in [6, 6.07) is 10.4. The van der Waals surface area contributed by atoms with Gasteiger partial charge in [0.25, 0.3) is 0 Å². The van der Waals surface area contributed by atoms with Gasteiger partial charge in [-0.2, -0.15) is 0 Å². The van der Waals surface area contributed by atoms with Crippen LogP contribution in [0, 0.1) is 0 Å². The first-order valence-corrected chi connectivity index (χ1v) is 12.2. The number of piperazine rings is 1. The van der Waals surface area contributed by atoms with Gasteiger partial charge in [-0.15, -0.1) is 0 Å². The number of aromatic nitrogens is 1. The Hall–Kier alpha value is -2.41. The number of hydrogen-bond donors (Lipinski definition) is 0. The van der Waals surface area contributed by atoms with E-state index >= 15 is 0 Å². The number of hydrogen-bond acceptors (Lipinski definition) is 5. The predicted octanol–water partition coefficient (Wildman–Crippen LogP) is 4.07. The van der Waals surface area contributed by atoms with Crippen molar-refractivity contribution in [2.75, 3.05) is 53.0 Å². The second-order valence-corrected chi connectivity index (χ2v) is 9.68. The van der Waals surface area contributed by atoms with Gasteiger partial charge in [0.2, 0.25) is 0 Å². The van der Waals surface area contributed by atoms with Crippen LogP contribution in [0.3, 0.4) is 0 Å². The number of pyridine rings is 1. The Kier molecular flexibility index (Phi) is 6.67. The highest BCUT2D eigenvalue weighted by molar-refractivity contribution is 6.30. The lowest BCUT2D eigenvalue weighted by molar-refractivity contribution is 0.0232. The molecule has 1 aromatic carbocycles. The first-order chi connectivity index (χ1) is 16.1. The standard InChI is InChI=1S/C26H31ClN4O2/c1-29-13-15-30(16-14-29)18-33-26(32)31-11-8-19(9-12-31)24-23-7-6-22(27)17-21(23)5-4-20-3-2-10-28-25(20)24/h2-3,6-7,10,17H,4-5,8-9,11-16,18H2,1H3. The molecule has 0 N–H and O–H groups in total. The molecular weight excluding hydrogens is 436 g/mol. The molecule has 2 saturated heterocycles. The van der Waals surface area contributed by atoms with E-state index in [1.54, 1.807) is 0 Å². The predicted molar refractivity (Wildman–Crippen MR) is 130 cm³/mol. The molecule has 0 unspecified atom stereocenters. The molecule has 5 rings (SSSR count). The maximum atomic E-state index is 12.7. The van der Waals surface area contributed by atoms with Crippen LogP contribution in [0.15, 0.2) is 42.1 Å². The van der Waals surface area contributed by atoms with Gasteiger partial charge in [0.1, 0.15) is 6.73 Å². The van der Waals surface area contributed by atoms with Gasteiger partial charge in [0.05, 0.1) is 5.69 Å². The smallest absolute Gasteiger partial charge is 0.411 e. The van der Waals surface area contributed by atoms with Crippen LogP contribution in [-0.4, -0.2) is 78.8 Å². The summed E-state index contributed by atoms with van der Waals surface area (Å²) in [5.74, 6) is 0. The number of carbonyl (C=O) groups is 1. The summed E-state index contributed by atoms with van der Waals surface area (Å²) in [6.45, 7) is 5.63. The Labute approximate surface area is 200 Å². The third-order valence-electron chi connectivity index (χ3n) is 7.07. The number of likely N-dealkylation sites (N-methyl/N-ethyl adjacent to an activating group) is 1. The molecule has 0 saturated carbocycles. The van der Waals surface area contributed by atoms with Crippen LogP contribution >= 0.6 is 11.6 Å². The molecule has 0 radical (unpaired) electrons. The molecule has 1 aliphatic carbocycles. The third kappa shape index (κ3) is 4.93. The number of halogens is 1. The monoisotopic (exact) mass is 466 g/mol. The van der Waals surface area contributed by atoms with Crippen molar-refractivity contribution in [1.82, 2.24) is 19.7 Å². The zero-order valence-electron chi connectivity index (χ0n) is 19.2. The van der Waals surface area contributed by atoms with Crippen molar-refractivity contribution in [2.45, 2.75) is 25.7 Å². The minimum atomic E-state index is -0.204. The summed E-state index contributed by atoms with van der Waals surface area (Å²) < 4.78 is 5.63. The van der Waals surface area contributed by atoms with Gasteiger partial charge < -0.3 is 14.5 Å². The highest BCUT2D eigenvalue weighted by atomic mass is 35.5. The Balaban J connectivity index is 1.32. The van der Waals surface area contributed by atoms with Gasteiger partial charge >= 0.3 is 6.09 Å². The lowest BCUT2D eigenvalue weighted by Gasteiger charge is -2.33. The highest BCUT2D eigenvalue weighted by Crippen LogP contribution is 2.38. The number of benzene rings is 1. The van der Waals surface area contributed by atoms with E-state index in [-0.39, 0.29) is 6.09 Å². The molecule has 0 atom stereocenters. The van der Waals surface area contributed by atoms with E-state index in [4.69, 9.17) is 21.3 Å². The fourth-order valence-electron chi connectivity index (χ4n) is 5.06. The van der Waals surface area contributed by atoms with Crippen molar-refractivity contribution in [2.24, 2.45) is 0 Å². The number of amides is 1. The topological polar surface area (TPSA) is 48.9 Å². The van der Waals surface area contributed by atoms with Crippen molar-refractivity contribution in [3.05, 3.63) is 69.5 Å². The number of rotatable bonds is 2. The van der Waals surface area contributed by atoms with Crippen molar-refractivity contribution < 1.29 is 9.53 Å². The molecule has 2 fully saturated rings. The average molecular weight is 467 g/mol. The molecule has 1 aromatic heterocycles. The van der Waals surface area contributed by atoms with E-state index in [1.807, 2.05) is 23.2 Å². The number of nitrogens with zero attached hydrogens (tertiary/aromatic N) is 4. The minimum absolute atomic E-state index is 0.204. The van der Waals surface area contributed by atoms with Gasteiger partial charge in [-0.25, -0.2) is 4.79 Å². The van der Waals surface area contributed by atoms with Crippen LogP contribution in [0.2, 0.25) is 5.02 Å². The number of fused-ring (bicyclic) bond motifs is 2. The second-order valence-electron chi connectivity index (χ2n) is 9.24. The SMILES string of the molecule is CN1CCN(COC(=O)N2CCC(=C3c4ccc(Cl)cc4CCc4cccnc43)CC2)CC1. The summed E-state index contributed by atoms with van der Waals surface area (Å²) in [5, 5.41) is 0.773. The molecule has 2 aromatic rings. The Morgan fingerprint density at radius 3 is 2.55 bits per heavy atom. The van der Waals surface area contributed by atoms with Gasteiger partial charge in [-0.05, 0) is 67.6 Å². The van der Waals surface area contributed by atoms with E-state index in [2.05, 4.69) is 35.0 Å². The van der Waals surface area contributed by atoms with Crippen LogP contribution in [0.25, 0.3) is 5.57 Å². The molecule has 33 heavy (non-hydrogen) atoms. The summed E-state index contributed by atoms with van der Waals surface area (Å²) in [5.41, 5.74) is 7.47. The molecule has 3 heterocycles. The number of ether oxygens (including phenoxy) is 1. The van der Waals surface area contributed by atoms with E-state index in [1.165, 1.54) is 27.8 Å². The maximum Gasteiger partial charge on any atom is 0.411 e. The Morgan fingerprint density at radius 2 is 1.76 bits per heavy atom. The third-order valence-corrected chi connectivity index (χ3v) is 7.31. The van der Waals surface area contributed by atoms with Crippen LogP contribution < -0.4 is 0 Å². The largest absolute Gasteiger partial charge is 0.433 e. The lowest BCUT2D eigenvalue weighted by atomic mass is 9.88. The first-order valence-electron chi connectivity index (χ1n) is 11.9. The molecule has 2 aliphatic heterocycles. The van der Waals surface area contributed by atoms with E-state index in [0.717, 1.165) is 62.6 Å². The van der Waals surface area contributed by atoms with Crippen molar-refractivity contribution in [3.8, 4) is 0 Å². The average Bonchev–Trinajstić information content (AvgIpc) is 3.00. The van der Waals surface area contributed by atoms with Crippen molar-refractivity contribution in [3.63, 3.8) is 0 Å². The Bertz CT molecular complexity index is 1050. The van der Waals surface area contributed by atoms with E-state index in [0.29, 0.717) is 19.8 Å². The van der Waals surface area contributed by atoms with E-state index in [9.17, 15) is 4.79 Å². The molecule has 174 valence electrons. The van der Waals surface area contributed by atoms with Gasteiger partial charge in [-0.1, -0.05) is 29.3 Å². The van der Waals surface area contributed by atoms with Crippen molar-refractivity contribution >= 4 is 23.3 Å². The lowest BCUT2D eigenvalue weighted by Crippen LogP contribution is -2.46. The zero-order chi connectivity index (χ0) is 22.8. The first kappa shape index (κ1) is 22.4. The van der Waals surface area contributed by atoms with Gasteiger partial charge in [0, 0.05) is 56.1 Å². The number of likely N-dealkylation sites (tertiary alicyclic amines) is 1. The minimum Gasteiger partial charge on any atom is -0.433 e. The molecule has 6 nitrogen and oxygen atoms in total. The summed E-state index contributed by atoms with van der Waals surface area (Å²) in [7, 11) is 2.12. The van der Waals surface area contributed by atoms with Crippen LogP contribution in [0.1, 0.15) is 35.2 Å². The van der Waals surface area contributed by atoms with Crippen molar-refractivity contribution in [1.29, 1.82) is 0 Å². The fourth-order valence-corrected chi connectivity index (χ4v) is 5.25. The molecule has 7 heteroatoms. The second kappa shape index (κ2) is 9.84. The maximum absolute atomic E-state index is 12.7. The molecule has 1 amide bonds. The molecule has 3 aliphatic rings. The summed E-state index contributed by atoms with van der Waals surface area (Å²) in [6.07, 6.45) is 5.25. The number of carbonyl (C=O) groups excluding carboxylic acids is 1. The highest BCUT2D eigenvalue weighted by Gasteiger charge is 2.27. The quantitative estimate of drug-likeness (QED) is 0.667. The molecular formula is C26H31ClN4O2. The van der Waals surface area contributed by atoms with Crippen LogP contribution in [0.5, 0.6) is 0 Å². The zero-order valence-corrected chi connectivity index (χ0v) is 20.0. The normalized spacial score (nSPS) is 19.6. The number of piperidine rings is 1. The molecule has 0 spiro atoms. The summed E-state index contributed by atoms with van der Waals surface area (Å²) in [4.78, 5) is 23.8. The Morgan fingerprint density at radius 1 is 1.00 bits per heavy atom. The molecule has 0 bridgehead atoms. The van der Waals surface area contributed by atoms with Crippen LogP contribution in [0.4, 0.5) is 4.79 Å².